The number of fused-ring (bicyclic) bond motifs is 1. The number of carbonyl (C=O) groups is 1. The highest BCUT2D eigenvalue weighted by molar-refractivity contribution is 7.92. The van der Waals surface area contributed by atoms with E-state index in [2.05, 4.69) is 14.8 Å². The van der Waals surface area contributed by atoms with E-state index in [1.807, 2.05) is 4.90 Å². The second-order valence-electron chi connectivity index (χ2n) is 10.4. The van der Waals surface area contributed by atoms with Crippen molar-refractivity contribution in [2.75, 3.05) is 17.8 Å². The predicted molar refractivity (Wildman–Crippen MR) is 149 cm³/mol. The number of aliphatic hydroxyl groups is 1. The summed E-state index contributed by atoms with van der Waals surface area (Å²) in [5.74, 6) is 0.303. The van der Waals surface area contributed by atoms with Crippen LogP contribution < -0.4 is 10.3 Å². The number of aromatic nitrogens is 4. The molecule has 1 aliphatic heterocycles. The number of benzene rings is 2. The van der Waals surface area contributed by atoms with Gasteiger partial charge in [0.15, 0.2) is 5.65 Å². The van der Waals surface area contributed by atoms with E-state index in [1.165, 1.54) is 33.9 Å². The molecule has 11 nitrogen and oxygen atoms in total. The maximum atomic E-state index is 13.3. The van der Waals surface area contributed by atoms with Gasteiger partial charge in [-0.1, -0.05) is 23.7 Å². The third-order valence-electron chi connectivity index (χ3n) is 7.40. The van der Waals surface area contributed by atoms with Gasteiger partial charge in [-0.05, 0) is 62.1 Å². The summed E-state index contributed by atoms with van der Waals surface area (Å²) in [4.78, 5) is 31.9. The van der Waals surface area contributed by atoms with Crippen molar-refractivity contribution in [3.8, 4) is 5.69 Å². The highest BCUT2D eigenvalue weighted by Gasteiger charge is 2.39. The molecule has 2 aromatic carbocycles. The summed E-state index contributed by atoms with van der Waals surface area (Å²) >= 11 is 5.95. The molecule has 6 rings (SSSR count). The summed E-state index contributed by atoms with van der Waals surface area (Å²) in [5, 5.41) is 16.1. The van der Waals surface area contributed by atoms with Gasteiger partial charge in [0, 0.05) is 24.0 Å². The minimum Gasteiger partial charge on any atom is -0.388 e. The SMILES string of the molecule is O=C(C1CC1)N1CCC(O)(Cn2cnc3c(cnn3-c3cccc(NS(=O)(=O)c4cccc(Cl)c4)c3)c2=O)CC1. The van der Waals surface area contributed by atoms with Crippen molar-refractivity contribution < 1.29 is 18.3 Å². The molecule has 1 saturated heterocycles. The van der Waals surface area contributed by atoms with Crippen molar-refractivity contribution in [3.05, 3.63) is 76.4 Å². The van der Waals surface area contributed by atoms with Crippen molar-refractivity contribution >= 4 is 44.3 Å². The first kappa shape index (κ1) is 26.5. The summed E-state index contributed by atoms with van der Waals surface area (Å²) in [6.07, 6.45) is 5.44. The van der Waals surface area contributed by atoms with E-state index in [9.17, 15) is 23.1 Å². The standard InChI is InChI=1S/C27H27ClN6O5S/c28-19-3-1-6-22(13-19)40(38,39)31-20-4-2-5-21(14-20)34-24-23(15-30-34)26(36)33(17-29-24)16-27(37)9-11-32(12-10-27)25(35)18-7-8-18/h1-6,13-15,17-18,31,37H,7-12,16H2. The van der Waals surface area contributed by atoms with E-state index in [4.69, 9.17) is 11.6 Å². The number of halogens is 1. The smallest absolute Gasteiger partial charge is 0.264 e. The molecule has 2 fully saturated rings. The molecule has 2 aromatic heterocycles. The number of nitrogens with one attached hydrogen (secondary N) is 1. The molecule has 1 aliphatic carbocycles. The van der Waals surface area contributed by atoms with Crippen LogP contribution in [0.25, 0.3) is 16.7 Å². The number of amides is 1. The van der Waals surface area contributed by atoms with E-state index < -0.39 is 15.6 Å². The Morgan fingerprint density at radius 1 is 1.12 bits per heavy atom. The van der Waals surface area contributed by atoms with E-state index >= 15 is 0 Å². The van der Waals surface area contributed by atoms with Crippen LogP contribution >= 0.6 is 11.6 Å². The highest BCUT2D eigenvalue weighted by Crippen LogP contribution is 2.33. The van der Waals surface area contributed by atoms with Gasteiger partial charge in [0.05, 0.1) is 34.6 Å². The Labute approximate surface area is 235 Å². The number of carbonyl (C=O) groups excluding carboxylic acids is 1. The van der Waals surface area contributed by atoms with Crippen LogP contribution in [0, 0.1) is 5.92 Å². The van der Waals surface area contributed by atoms with Crippen LogP contribution in [-0.4, -0.2) is 62.4 Å². The van der Waals surface area contributed by atoms with Crippen molar-refractivity contribution in [1.29, 1.82) is 0 Å². The number of nitrogens with zero attached hydrogens (tertiary/aromatic N) is 5. The summed E-state index contributed by atoms with van der Waals surface area (Å²) in [6.45, 7) is 0.989. The van der Waals surface area contributed by atoms with E-state index in [0.29, 0.717) is 48.0 Å². The van der Waals surface area contributed by atoms with E-state index in [-0.39, 0.29) is 34.2 Å². The molecule has 0 atom stereocenters. The molecule has 1 saturated carbocycles. The lowest BCUT2D eigenvalue weighted by Crippen LogP contribution is -2.50. The van der Waals surface area contributed by atoms with Crippen LogP contribution in [0.15, 0.2) is 70.7 Å². The molecule has 2 aliphatic rings. The maximum absolute atomic E-state index is 13.3. The number of sulfonamides is 1. The van der Waals surface area contributed by atoms with Gasteiger partial charge in [-0.15, -0.1) is 0 Å². The number of rotatable bonds is 7. The Kier molecular flexibility index (Phi) is 6.64. The van der Waals surface area contributed by atoms with Crippen molar-refractivity contribution in [3.63, 3.8) is 0 Å². The quantitative estimate of drug-likeness (QED) is 0.341. The largest absolute Gasteiger partial charge is 0.388 e. The molecule has 3 heterocycles. The van der Waals surface area contributed by atoms with Gasteiger partial charge in [-0.3, -0.25) is 18.9 Å². The van der Waals surface area contributed by atoms with Crippen LogP contribution in [0.4, 0.5) is 5.69 Å². The summed E-state index contributed by atoms with van der Waals surface area (Å²) in [5.41, 5.74) is -0.378. The number of hydrogen-bond donors (Lipinski definition) is 2. The monoisotopic (exact) mass is 582 g/mol. The number of likely N-dealkylation sites (tertiary alicyclic amines) is 1. The van der Waals surface area contributed by atoms with Crippen LogP contribution in [0.2, 0.25) is 5.02 Å². The Balaban J connectivity index is 1.21. The Hall–Kier alpha value is -3.74. The van der Waals surface area contributed by atoms with Crippen LogP contribution in [0.5, 0.6) is 0 Å². The Morgan fingerprint density at radius 3 is 2.60 bits per heavy atom. The van der Waals surface area contributed by atoms with Crippen LogP contribution in [-0.2, 0) is 21.4 Å². The first-order chi connectivity index (χ1) is 19.1. The Bertz CT molecular complexity index is 1770. The fourth-order valence-corrected chi connectivity index (χ4v) is 6.36. The minimum absolute atomic E-state index is 0.0269. The lowest BCUT2D eigenvalue weighted by molar-refractivity contribution is -0.137. The molecule has 0 radical (unpaired) electrons. The fourth-order valence-electron chi connectivity index (χ4n) is 5.01. The molecule has 40 heavy (non-hydrogen) atoms. The predicted octanol–water partition coefficient (Wildman–Crippen LogP) is 2.80. The Morgan fingerprint density at radius 2 is 1.88 bits per heavy atom. The van der Waals surface area contributed by atoms with Gasteiger partial charge in [-0.25, -0.2) is 18.1 Å². The van der Waals surface area contributed by atoms with E-state index in [0.717, 1.165) is 12.8 Å². The van der Waals surface area contributed by atoms with Gasteiger partial charge in [0.25, 0.3) is 15.6 Å². The van der Waals surface area contributed by atoms with E-state index in [1.54, 1.807) is 36.4 Å². The van der Waals surface area contributed by atoms with Crippen molar-refractivity contribution in [2.24, 2.45) is 5.92 Å². The number of hydrogen-bond acceptors (Lipinski definition) is 7. The number of piperidine rings is 1. The zero-order valence-electron chi connectivity index (χ0n) is 21.4. The lowest BCUT2D eigenvalue weighted by Gasteiger charge is -2.38. The van der Waals surface area contributed by atoms with Gasteiger partial charge in [0.2, 0.25) is 5.91 Å². The summed E-state index contributed by atoms with van der Waals surface area (Å²) in [7, 11) is -3.88. The lowest BCUT2D eigenvalue weighted by atomic mass is 9.91. The summed E-state index contributed by atoms with van der Waals surface area (Å²) in [6, 6.07) is 12.5. The summed E-state index contributed by atoms with van der Waals surface area (Å²) < 4.78 is 31.0. The molecule has 4 aromatic rings. The molecule has 0 spiro atoms. The molecule has 0 bridgehead atoms. The molecule has 1 amide bonds. The molecular weight excluding hydrogens is 556 g/mol. The van der Waals surface area contributed by atoms with Gasteiger partial charge < -0.3 is 10.0 Å². The molecular formula is C27H27ClN6O5S. The molecule has 0 unspecified atom stereocenters. The van der Waals surface area contributed by atoms with Gasteiger partial charge >= 0.3 is 0 Å². The molecule has 13 heteroatoms. The molecule has 208 valence electrons. The van der Waals surface area contributed by atoms with Crippen LogP contribution in [0.1, 0.15) is 25.7 Å². The topological polar surface area (TPSA) is 139 Å². The van der Waals surface area contributed by atoms with Gasteiger partial charge in [-0.2, -0.15) is 5.10 Å². The van der Waals surface area contributed by atoms with Crippen LogP contribution in [0.3, 0.4) is 0 Å². The van der Waals surface area contributed by atoms with Crippen molar-refractivity contribution in [1.82, 2.24) is 24.2 Å². The first-order valence-corrected chi connectivity index (χ1v) is 14.8. The third-order valence-corrected chi connectivity index (χ3v) is 9.01. The second kappa shape index (κ2) is 10.0. The second-order valence-corrected chi connectivity index (χ2v) is 12.5. The maximum Gasteiger partial charge on any atom is 0.264 e. The van der Waals surface area contributed by atoms with Gasteiger partial charge in [0.1, 0.15) is 11.7 Å². The third kappa shape index (κ3) is 5.21. The zero-order chi connectivity index (χ0) is 28.1. The van der Waals surface area contributed by atoms with Crippen molar-refractivity contribution in [2.45, 2.75) is 42.7 Å². The number of anilines is 1. The average Bonchev–Trinajstić information content (AvgIpc) is 3.69. The fraction of sp³-hybridized carbons (Fsp3) is 0.333. The average molecular weight is 583 g/mol. The molecule has 2 N–H and O–H groups in total. The normalized spacial score (nSPS) is 17.2. The minimum atomic E-state index is -3.88. The first-order valence-electron chi connectivity index (χ1n) is 13.0. The highest BCUT2D eigenvalue weighted by atomic mass is 35.5. The zero-order valence-corrected chi connectivity index (χ0v) is 23.0.